The lowest BCUT2D eigenvalue weighted by Crippen LogP contribution is -2.45. The fourth-order valence-electron chi connectivity index (χ4n) is 4.67. The number of carbonyl (C=O) groups is 1. The molecule has 1 fully saturated rings. The summed E-state index contributed by atoms with van der Waals surface area (Å²) in [6, 6.07) is 11.9. The Morgan fingerprint density at radius 3 is 2.81 bits per heavy atom. The monoisotopic (exact) mass is 519 g/mol. The van der Waals surface area contributed by atoms with Crippen molar-refractivity contribution in [2.75, 3.05) is 19.7 Å². The van der Waals surface area contributed by atoms with Crippen molar-refractivity contribution in [3.63, 3.8) is 0 Å². The maximum Gasteiger partial charge on any atom is 0.264 e. The van der Waals surface area contributed by atoms with Gasteiger partial charge in [0.15, 0.2) is 0 Å². The number of hydrogen-bond acceptors (Lipinski definition) is 6. The first-order chi connectivity index (χ1) is 17.9. The lowest BCUT2D eigenvalue weighted by Gasteiger charge is -2.30. The van der Waals surface area contributed by atoms with Gasteiger partial charge in [-0.05, 0) is 48.2 Å². The van der Waals surface area contributed by atoms with E-state index in [0.717, 1.165) is 34.2 Å². The summed E-state index contributed by atoms with van der Waals surface area (Å²) in [5.74, 6) is -0.712. The van der Waals surface area contributed by atoms with E-state index in [1.54, 1.807) is 27.9 Å². The van der Waals surface area contributed by atoms with E-state index in [0.29, 0.717) is 29.1 Å². The van der Waals surface area contributed by atoms with Gasteiger partial charge >= 0.3 is 0 Å². The number of thiophene rings is 1. The molecule has 4 aromatic rings. The highest BCUT2D eigenvalue weighted by molar-refractivity contribution is 7.18. The SMILES string of the molecule is [C-]#[N+]c1ccc(-c2cc(C(=O)N3CCC[C@@H](N)C3)sc2-c2ccc3c(cnn3CC(O)CO)c2)cc1F. The van der Waals surface area contributed by atoms with E-state index < -0.39 is 11.9 Å². The van der Waals surface area contributed by atoms with E-state index >= 15 is 0 Å². The molecule has 0 spiro atoms. The van der Waals surface area contributed by atoms with Gasteiger partial charge < -0.3 is 20.8 Å². The molecule has 0 aliphatic carbocycles. The highest BCUT2D eigenvalue weighted by Gasteiger charge is 2.26. The van der Waals surface area contributed by atoms with E-state index in [1.807, 2.05) is 18.2 Å². The van der Waals surface area contributed by atoms with Crippen LogP contribution in [-0.2, 0) is 6.54 Å². The zero-order valence-corrected chi connectivity index (χ0v) is 20.8. The minimum Gasteiger partial charge on any atom is -0.394 e. The molecular formula is C27H26FN5O3S. The number of carbonyl (C=O) groups excluding carboxylic acids is 1. The number of aromatic nitrogens is 2. The fraction of sp³-hybridized carbons (Fsp3) is 0.296. The topological polar surface area (TPSA) is 109 Å². The summed E-state index contributed by atoms with van der Waals surface area (Å²) in [6.07, 6.45) is 2.51. The zero-order valence-electron chi connectivity index (χ0n) is 20.0. The molecule has 190 valence electrons. The smallest absolute Gasteiger partial charge is 0.264 e. The molecule has 2 aromatic carbocycles. The van der Waals surface area contributed by atoms with Gasteiger partial charge in [-0.1, -0.05) is 18.2 Å². The molecule has 10 heteroatoms. The number of aliphatic hydroxyl groups is 2. The van der Waals surface area contributed by atoms with E-state index in [9.17, 15) is 19.4 Å². The normalized spacial score (nSPS) is 16.6. The predicted molar refractivity (Wildman–Crippen MR) is 141 cm³/mol. The van der Waals surface area contributed by atoms with Crippen molar-refractivity contribution in [1.82, 2.24) is 14.7 Å². The lowest BCUT2D eigenvalue weighted by molar-refractivity contribution is 0.0713. The van der Waals surface area contributed by atoms with Crippen molar-refractivity contribution in [3.8, 4) is 21.6 Å². The second-order valence-corrected chi connectivity index (χ2v) is 10.3. The van der Waals surface area contributed by atoms with Gasteiger partial charge in [-0.15, -0.1) is 11.3 Å². The van der Waals surface area contributed by atoms with Gasteiger partial charge in [-0.3, -0.25) is 9.48 Å². The summed E-state index contributed by atoms with van der Waals surface area (Å²) < 4.78 is 16.2. The largest absolute Gasteiger partial charge is 0.394 e. The molecule has 8 nitrogen and oxygen atoms in total. The van der Waals surface area contributed by atoms with Crippen molar-refractivity contribution in [2.45, 2.75) is 31.5 Å². The molecule has 5 rings (SSSR count). The number of benzene rings is 2. The third-order valence-electron chi connectivity index (χ3n) is 6.57. The number of rotatable bonds is 6. The number of hydrogen-bond donors (Lipinski definition) is 3. The average Bonchev–Trinajstić information content (AvgIpc) is 3.52. The van der Waals surface area contributed by atoms with Gasteiger partial charge in [0.25, 0.3) is 5.91 Å². The van der Waals surface area contributed by atoms with Gasteiger partial charge in [0, 0.05) is 35.0 Å². The second-order valence-electron chi connectivity index (χ2n) is 9.22. The minimum absolute atomic E-state index is 0.0461. The van der Waals surface area contributed by atoms with E-state index in [1.165, 1.54) is 23.5 Å². The standard InChI is InChI=1S/C27H26FN5O3S/c1-30-23-6-4-16(10-22(23)28)21-11-25(27(36)32-8-2-3-19(29)13-32)37-26(21)17-5-7-24-18(9-17)12-31-33(24)14-20(35)15-34/h4-7,9-12,19-20,34-35H,2-3,8,13-15,29H2/t19-,20?/m1/s1. The summed E-state index contributed by atoms with van der Waals surface area (Å²) in [5, 5.41) is 24.2. The molecule has 3 heterocycles. The first-order valence-corrected chi connectivity index (χ1v) is 12.8. The Bertz CT molecular complexity index is 1510. The molecule has 0 bridgehead atoms. The Hall–Kier alpha value is -3.62. The van der Waals surface area contributed by atoms with Gasteiger partial charge in [-0.2, -0.15) is 5.10 Å². The number of amides is 1. The molecule has 37 heavy (non-hydrogen) atoms. The molecule has 2 aromatic heterocycles. The average molecular weight is 520 g/mol. The third-order valence-corrected chi connectivity index (χ3v) is 7.74. The molecular weight excluding hydrogens is 493 g/mol. The van der Waals surface area contributed by atoms with Crippen molar-refractivity contribution in [3.05, 3.63) is 70.8 Å². The molecule has 1 amide bonds. The van der Waals surface area contributed by atoms with Crippen molar-refractivity contribution < 1.29 is 19.4 Å². The van der Waals surface area contributed by atoms with E-state index in [4.69, 9.17) is 12.3 Å². The van der Waals surface area contributed by atoms with Crippen molar-refractivity contribution >= 4 is 33.8 Å². The Morgan fingerprint density at radius 1 is 1.27 bits per heavy atom. The van der Waals surface area contributed by atoms with Gasteiger partial charge in [-0.25, -0.2) is 9.24 Å². The van der Waals surface area contributed by atoms with Crippen molar-refractivity contribution in [1.29, 1.82) is 0 Å². The van der Waals surface area contributed by atoms with E-state index in [2.05, 4.69) is 9.94 Å². The molecule has 4 N–H and O–H groups in total. The molecule has 1 aliphatic rings. The molecule has 0 saturated carbocycles. The van der Waals surface area contributed by atoms with E-state index in [-0.39, 0.29) is 30.8 Å². The van der Waals surface area contributed by atoms with Crippen LogP contribution in [0.2, 0.25) is 0 Å². The Kier molecular flexibility index (Phi) is 7.04. The number of nitrogens with two attached hydrogens (primary N) is 1. The number of piperidine rings is 1. The zero-order chi connectivity index (χ0) is 26.1. The van der Waals surface area contributed by atoms with Crippen LogP contribution in [0.5, 0.6) is 0 Å². The number of nitrogens with zero attached hydrogens (tertiary/aromatic N) is 4. The minimum atomic E-state index is -0.920. The summed E-state index contributed by atoms with van der Waals surface area (Å²) >= 11 is 1.34. The highest BCUT2D eigenvalue weighted by atomic mass is 32.1. The number of likely N-dealkylation sites (tertiary alicyclic amines) is 1. The maximum absolute atomic E-state index is 14.6. The van der Waals surface area contributed by atoms with Gasteiger partial charge in [0.2, 0.25) is 5.69 Å². The lowest BCUT2D eigenvalue weighted by atomic mass is 10.0. The third kappa shape index (κ3) is 4.99. The predicted octanol–water partition coefficient (Wildman–Crippen LogP) is 4.04. The van der Waals surface area contributed by atoms with Crippen LogP contribution in [-0.4, -0.2) is 62.6 Å². The van der Waals surface area contributed by atoms with Crippen LogP contribution in [0.4, 0.5) is 10.1 Å². The Morgan fingerprint density at radius 2 is 2.08 bits per heavy atom. The van der Waals surface area contributed by atoms with Crippen LogP contribution >= 0.6 is 11.3 Å². The molecule has 1 unspecified atom stereocenters. The van der Waals surface area contributed by atoms with Crippen LogP contribution in [0.1, 0.15) is 22.5 Å². The summed E-state index contributed by atoms with van der Waals surface area (Å²) in [4.78, 5) is 19.7. The fourth-order valence-corrected chi connectivity index (χ4v) is 5.82. The Labute approximate surface area is 217 Å². The quantitative estimate of drug-likeness (QED) is 0.333. The number of fused-ring (bicyclic) bond motifs is 1. The Balaban J connectivity index is 1.58. The first kappa shape index (κ1) is 25.0. The summed E-state index contributed by atoms with van der Waals surface area (Å²) in [6.45, 7) is 8.09. The number of halogens is 1. The summed E-state index contributed by atoms with van der Waals surface area (Å²) in [7, 11) is 0. The molecule has 1 aliphatic heterocycles. The van der Waals surface area contributed by atoms with Crippen molar-refractivity contribution in [2.24, 2.45) is 5.73 Å². The maximum atomic E-state index is 14.6. The second kappa shape index (κ2) is 10.4. The molecule has 0 radical (unpaired) electrons. The van der Waals surface area contributed by atoms with Gasteiger partial charge in [0.05, 0.1) is 42.4 Å². The van der Waals surface area contributed by atoms with Gasteiger partial charge in [0.1, 0.15) is 5.82 Å². The number of aliphatic hydroxyl groups excluding tert-OH is 2. The van der Waals surface area contributed by atoms with Crippen LogP contribution in [0.3, 0.4) is 0 Å². The van der Waals surface area contributed by atoms with Crippen LogP contribution in [0.15, 0.2) is 48.7 Å². The van der Waals surface area contributed by atoms with Crippen LogP contribution in [0, 0.1) is 12.4 Å². The highest BCUT2D eigenvalue weighted by Crippen LogP contribution is 2.42. The molecule has 2 atom stereocenters. The molecule has 1 saturated heterocycles. The van der Waals surface area contributed by atoms with Crippen LogP contribution < -0.4 is 5.73 Å². The summed E-state index contributed by atoms with van der Waals surface area (Å²) in [5.41, 5.74) is 8.95. The first-order valence-electron chi connectivity index (χ1n) is 12.0. The van der Waals surface area contributed by atoms with Crippen LogP contribution in [0.25, 0.3) is 37.3 Å².